The molecule has 1 aliphatic rings. The first-order chi connectivity index (χ1) is 9.29. The normalized spacial score (nSPS) is 19.7. The molecular formula is C14H19N3O2. The van der Waals surface area contributed by atoms with E-state index in [0.717, 1.165) is 36.4 Å². The van der Waals surface area contributed by atoms with Gasteiger partial charge in [-0.1, -0.05) is 6.07 Å². The number of nitrogens with one attached hydrogen (secondary N) is 2. The number of imidazole rings is 1. The topological polar surface area (TPSA) is 59.1 Å². The van der Waals surface area contributed by atoms with Gasteiger partial charge in [0, 0.05) is 6.54 Å². The van der Waals surface area contributed by atoms with Crippen LogP contribution < -0.4 is 15.7 Å². The minimum absolute atomic E-state index is 0.0509. The van der Waals surface area contributed by atoms with Crippen LogP contribution in [0.3, 0.4) is 0 Å². The van der Waals surface area contributed by atoms with Crippen LogP contribution in [-0.2, 0) is 6.54 Å². The first-order valence-corrected chi connectivity index (χ1v) is 6.76. The Hall–Kier alpha value is -1.75. The van der Waals surface area contributed by atoms with E-state index in [1.54, 1.807) is 7.11 Å². The van der Waals surface area contributed by atoms with E-state index in [-0.39, 0.29) is 5.69 Å². The van der Waals surface area contributed by atoms with Crippen LogP contribution in [0, 0.1) is 5.92 Å². The second kappa shape index (κ2) is 5.09. The van der Waals surface area contributed by atoms with Gasteiger partial charge in [-0.25, -0.2) is 4.79 Å². The molecule has 3 rings (SSSR count). The zero-order chi connectivity index (χ0) is 13.2. The highest BCUT2D eigenvalue weighted by Gasteiger charge is 2.17. The fraction of sp³-hybridized carbons (Fsp3) is 0.500. The number of aromatic amines is 1. The molecule has 0 saturated carbocycles. The van der Waals surface area contributed by atoms with Crippen molar-refractivity contribution in [1.82, 2.24) is 14.9 Å². The zero-order valence-corrected chi connectivity index (χ0v) is 11.1. The number of hydrogen-bond donors (Lipinski definition) is 2. The summed E-state index contributed by atoms with van der Waals surface area (Å²) in [7, 11) is 1.62. The lowest BCUT2D eigenvalue weighted by Gasteiger charge is -2.22. The molecule has 5 heteroatoms. The van der Waals surface area contributed by atoms with Gasteiger partial charge in [0.1, 0.15) is 11.3 Å². The molecule has 102 valence electrons. The van der Waals surface area contributed by atoms with E-state index in [9.17, 15) is 4.79 Å². The average molecular weight is 261 g/mol. The number of fused-ring (bicyclic) bond motifs is 1. The smallest absolute Gasteiger partial charge is 0.326 e. The Morgan fingerprint density at radius 1 is 1.47 bits per heavy atom. The fourth-order valence-corrected chi connectivity index (χ4v) is 2.84. The Labute approximate surface area is 111 Å². The Bertz CT molecular complexity index is 623. The molecule has 0 spiro atoms. The predicted molar refractivity (Wildman–Crippen MR) is 74.7 cm³/mol. The number of rotatable bonds is 3. The van der Waals surface area contributed by atoms with Gasteiger partial charge in [-0.15, -0.1) is 0 Å². The van der Waals surface area contributed by atoms with Crippen molar-refractivity contribution < 1.29 is 4.74 Å². The summed E-state index contributed by atoms with van der Waals surface area (Å²) < 4.78 is 7.12. The van der Waals surface area contributed by atoms with Gasteiger partial charge in [-0.3, -0.25) is 4.57 Å². The molecule has 0 radical (unpaired) electrons. The number of H-pyrrole nitrogens is 1. The van der Waals surface area contributed by atoms with Gasteiger partial charge in [0.15, 0.2) is 0 Å². The van der Waals surface area contributed by atoms with E-state index in [4.69, 9.17) is 4.74 Å². The largest absolute Gasteiger partial charge is 0.494 e. The van der Waals surface area contributed by atoms with Crippen molar-refractivity contribution in [2.75, 3.05) is 20.2 Å². The predicted octanol–water partition coefficient (Wildman–Crippen LogP) is 1.34. The number of piperidine rings is 1. The van der Waals surface area contributed by atoms with Gasteiger partial charge in [0.25, 0.3) is 0 Å². The van der Waals surface area contributed by atoms with E-state index < -0.39 is 0 Å². The van der Waals surface area contributed by atoms with Crippen LogP contribution in [0.25, 0.3) is 11.0 Å². The Morgan fingerprint density at radius 3 is 3.11 bits per heavy atom. The summed E-state index contributed by atoms with van der Waals surface area (Å²) in [6.45, 7) is 2.84. The highest BCUT2D eigenvalue weighted by atomic mass is 16.5. The Balaban J connectivity index is 1.98. The van der Waals surface area contributed by atoms with E-state index in [2.05, 4.69) is 10.3 Å². The molecule has 1 unspecified atom stereocenters. The van der Waals surface area contributed by atoms with Crippen molar-refractivity contribution in [2.45, 2.75) is 19.4 Å². The van der Waals surface area contributed by atoms with Gasteiger partial charge in [0.2, 0.25) is 0 Å². The van der Waals surface area contributed by atoms with E-state index in [1.165, 1.54) is 12.8 Å². The molecule has 0 amide bonds. The molecule has 2 aromatic rings. The highest BCUT2D eigenvalue weighted by molar-refractivity contribution is 5.81. The summed E-state index contributed by atoms with van der Waals surface area (Å²) in [4.78, 5) is 15.0. The maximum Gasteiger partial charge on any atom is 0.326 e. The Kier molecular flexibility index (Phi) is 3.29. The minimum atomic E-state index is -0.0509. The number of aromatic nitrogens is 2. The molecule has 1 aromatic carbocycles. The van der Waals surface area contributed by atoms with Crippen molar-refractivity contribution in [3.8, 4) is 5.75 Å². The number of hydrogen-bond acceptors (Lipinski definition) is 3. The number of methoxy groups -OCH3 is 1. The first-order valence-electron chi connectivity index (χ1n) is 6.76. The van der Waals surface area contributed by atoms with E-state index in [0.29, 0.717) is 5.92 Å². The maximum atomic E-state index is 12.1. The van der Waals surface area contributed by atoms with Crippen molar-refractivity contribution in [3.63, 3.8) is 0 Å². The van der Waals surface area contributed by atoms with Crippen molar-refractivity contribution in [2.24, 2.45) is 5.92 Å². The van der Waals surface area contributed by atoms with Crippen LogP contribution in [0.4, 0.5) is 0 Å². The first kappa shape index (κ1) is 12.3. The second-order valence-corrected chi connectivity index (χ2v) is 5.11. The molecule has 0 aliphatic carbocycles. The third-order valence-electron chi connectivity index (χ3n) is 3.83. The third-order valence-corrected chi connectivity index (χ3v) is 3.83. The molecule has 5 nitrogen and oxygen atoms in total. The van der Waals surface area contributed by atoms with Crippen molar-refractivity contribution in [3.05, 3.63) is 28.7 Å². The lowest BCUT2D eigenvalue weighted by Crippen LogP contribution is -2.34. The fourth-order valence-electron chi connectivity index (χ4n) is 2.84. The van der Waals surface area contributed by atoms with E-state index in [1.807, 2.05) is 22.8 Å². The molecule has 1 atom stereocenters. The molecule has 0 bridgehead atoms. The maximum absolute atomic E-state index is 12.1. The lowest BCUT2D eigenvalue weighted by atomic mass is 10.00. The minimum Gasteiger partial charge on any atom is -0.494 e. The quantitative estimate of drug-likeness (QED) is 0.876. The summed E-state index contributed by atoms with van der Waals surface area (Å²) in [6, 6.07) is 5.75. The lowest BCUT2D eigenvalue weighted by molar-refractivity contribution is 0.337. The van der Waals surface area contributed by atoms with Crippen LogP contribution >= 0.6 is 0 Å². The van der Waals surface area contributed by atoms with Crippen molar-refractivity contribution >= 4 is 11.0 Å². The molecule has 1 aromatic heterocycles. The number of ether oxygens (including phenoxy) is 1. The van der Waals surface area contributed by atoms with Gasteiger partial charge in [0.05, 0.1) is 12.6 Å². The standard InChI is InChI=1S/C14H19N3O2/c1-19-12-6-2-5-11-13(12)16-14(18)17(11)9-10-4-3-7-15-8-10/h2,5-6,10,15H,3-4,7-9H2,1H3,(H,16,18). The number of benzene rings is 1. The summed E-state index contributed by atoms with van der Waals surface area (Å²) in [5, 5.41) is 3.39. The summed E-state index contributed by atoms with van der Waals surface area (Å²) >= 11 is 0. The van der Waals surface area contributed by atoms with Crippen molar-refractivity contribution in [1.29, 1.82) is 0 Å². The van der Waals surface area contributed by atoms with E-state index >= 15 is 0 Å². The summed E-state index contributed by atoms with van der Waals surface area (Å²) in [5.74, 6) is 1.24. The van der Waals surface area contributed by atoms with Gasteiger partial charge < -0.3 is 15.0 Å². The van der Waals surface area contributed by atoms with Crippen LogP contribution in [0.1, 0.15) is 12.8 Å². The SMILES string of the molecule is COc1cccc2c1[nH]c(=O)n2CC1CCCNC1. The monoisotopic (exact) mass is 261 g/mol. The van der Waals surface area contributed by atoms with Crippen LogP contribution in [-0.4, -0.2) is 29.8 Å². The van der Waals surface area contributed by atoms with Crippen LogP contribution in [0.5, 0.6) is 5.75 Å². The average Bonchev–Trinajstić information content (AvgIpc) is 2.76. The van der Waals surface area contributed by atoms with Gasteiger partial charge in [-0.05, 0) is 44.0 Å². The number of para-hydroxylation sites is 1. The summed E-state index contributed by atoms with van der Waals surface area (Å²) in [6.07, 6.45) is 2.36. The zero-order valence-electron chi connectivity index (χ0n) is 11.1. The molecule has 1 saturated heterocycles. The molecule has 1 aliphatic heterocycles. The van der Waals surface area contributed by atoms with Crippen LogP contribution in [0.2, 0.25) is 0 Å². The Morgan fingerprint density at radius 2 is 2.37 bits per heavy atom. The molecule has 2 heterocycles. The van der Waals surface area contributed by atoms with Gasteiger partial charge >= 0.3 is 5.69 Å². The molecular weight excluding hydrogens is 242 g/mol. The third kappa shape index (κ3) is 2.26. The van der Waals surface area contributed by atoms with Gasteiger partial charge in [-0.2, -0.15) is 0 Å². The number of nitrogens with zero attached hydrogens (tertiary/aromatic N) is 1. The molecule has 1 fully saturated rings. The summed E-state index contributed by atoms with van der Waals surface area (Å²) in [5.41, 5.74) is 1.67. The molecule has 2 N–H and O–H groups in total. The second-order valence-electron chi connectivity index (χ2n) is 5.11. The van der Waals surface area contributed by atoms with Crippen LogP contribution in [0.15, 0.2) is 23.0 Å². The highest BCUT2D eigenvalue weighted by Crippen LogP contribution is 2.23. The molecule has 19 heavy (non-hydrogen) atoms.